The maximum Gasteiger partial charge on any atom is 0.319 e. The molecule has 1 saturated heterocycles. The van der Waals surface area contributed by atoms with E-state index in [1.807, 2.05) is 6.92 Å². The predicted molar refractivity (Wildman–Crippen MR) is 145 cm³/mol. The number of fused-ring (bicyclic) bond motifs is 3. The quantitative estimate of drug-likeness (QED) is 0.359. The smallest absolute Gasteiger partial charge is 0.319 e. The highest BCUT2D eigenvalue weighted by atomic mass is 32.2. The van der Waals surface area contributed by atoms with Gasteiger partial charge in [0.25, 0.3) is 6.43 Å². The number of hydrogen-bond donors (Lipinski definition) is 1. The molecule has 1 aliphatic heterocycles. The van der Waals surface area contributed by atoms with Crippen LogP contribution in [0.15, 0.2) is 29.4 Å². The average molecular weight is 591 g/mol. The minimum absolute atomic E-state index is 0.0155. The molecule has 4 heterocycles. The lowest BCUT2D eigenvalue weighted by molar-refractivity contribution is 0.150. The number of nitrogens with zero attached hydrogens (tertiary/aromatic N) is 7. The van der Waals surface area contributed by atoms with E-state index in [0.717, 1.165) is 29.9 Å². The minimum atomic E-state index is -3.84. The lowest BCUT2D eigenvalue weighted by Gasteiger charge is -2.33. The van der Waals surface area contributed by atoms with Gasteiger partial charge in [0.05, 0.1) is 16.1 Å². The molecule has 2 amide bonds. The summed E-state index contributed by atoms with van der Waals surface area (Å²) in [7, 11) is -0.394. The Hall–Kier alpha value is -3.30. The van der Waals surface area contributed by atoms with E-state index < -0.39 is 27.0 Å². The van der Waals surface area contributed by atoms with E-state index in [4.69, 9.17) is 0 Å². The number of nitrogens with one attached hydrogen (secondary N) is 1. The van der Waals surface area contributed by atoms with E-state index in [1.54, 1.807) is 40.6 Å². The van der Waals surface area contributed by atoms with Crippen molar-refractivity contribution in [2.45, 2.75) is 55.4 Å². The molecule has 1 aliphatic carbocycles. The molecule has 4 aromatic rings. The molecule has 212 valence electrons. The van der Waals surface area contributed by atoms with Gasteiger partial charge >= 0.3 is 6.03 Å². The molecule has 0 radical (unpaired) electrons. The highest BCUT2D eigenvalue weighted by Gasteiger charge is 2.41. The zero-order chi connectivity index (χ0) is 28.4. The monoisotopic (exact) mass is 590 g/mol. The zero-order valence-electron chi connectivity index (χ0n) is 22.1. The first kappa shape index (κ1) is 26.9. The van der Waals surface area contributed by atoms with Crippen molar-refractivity contribution in [1.82, 2.24) is 39.3 Å². The molecular formula is C25H28F2N8O3S2. The van der Waals surface area contributed by atoms with Crippen molar-refractivity contribution < 1.29 is 22.0 Å². The molecule has 1 saturated carbocycles. The Morgan fingerprint density at radius 1 is 1.18 bits per heavy atom. The second kappa shape index (κ2) is 9.66. The number of alkyl halides is 2. The first-order chi connectivity index (χ1) is 19.0. The van der Waals surface area contributed by atoms with Crippen LogP contribution in [0.5, 0.6) is 0 Å². The van der Waals surface area contributed by atoms with Gasteiger partial charge in [-0.3, -0.25) is 4.57 Å². The molecular weight excluding hydrogens is 562 g/mol. The van der Waals surface area contributed by atoms with Gasteiger partial charge in [-0.25, -0.2) is 36.7 Å². The minimum Gasteiger partial charge on any atom is -0.331 e. The van der Waals surface area contributed by atoms with Crippen LogP contribution in [0.25, 0.3) is 27.1 Å². The summed E-state index contributed by atoms with van der Waals surface area (Å²) in [6.07, 6.45) is 1.51. The number of carbonyl (C=O) groups excluding carboxylic acids is 1. The Kier molecular flexibility index (Phi) is 6.50. The van der Waals surface area contributed by atoms with Crippen molar-refractivity contribution in [3.05, 3.63) is 35.2 Å². The number of hydrogen-bond acceptors (Lipinski definition) is 8. The summed E-state index contributed by atoms with van der Waals surface area (Å²) < 4.78 is 57.7. The number of likely N-dealkylation sites (tertiary alicyclic amines) is 1. The predicted octanol–water partition coefficient (Wildman–Crippen LogP) is 4.05. The van der Waals surface area contributed by atoms with Gasteiger partial charge in [-0.15, -0.1) is 10.2 Å². The third-order valence-corrected chi connectivity index (χ3v) is 10.1. The second-order valence-corrected chi connectivity index (χ2v) is 13.5. The Morgan fingerprint density at radius 2 is 1.90 bits per heavy atom. The molecule has 0 bridgehead atoms. The van der Waals surface area contributed by atoms with Gasteiger partial charge in [-0.05, 0) is 44.7 Å². The maximum atomic E-state index is 13.4. The van der Waals surface area contributed by atoms with Gasteiger partial charge in [-0.2, -0.15) is 0 Å². The number of piperidine rings is 1. The van der Waals surface area contributed by atoms with Crippen LogP contribution in [0.3, 0.4) is 0 Å². The summed E-state index contributed by atoms with van der Waals surface area (Å²) in [4.78, 5) is 25.0. The van der Waals surface area contributed by atoms with E-state index in [0.29, 0.717) is 47.9 Å². The van der Waals surface area contributed by atoms with Crippen LogP contribution in [0.1, 0.15) is 55.7 Å². The highest BCUT2D eigenvalue weighted by molar-refractivity contribution is 7.89. The Labute approximate surface area is 233 Å². The molecule has 11 nitrogen and oxygen atoms in total. The van der Waals surface area contributed by atoms with Crippen molar-refractivity contribution in [2.24, 2.45) is 0 Å². The fourth-order valence-electron chi connectivity index (χ4n) is 5.21. The number of carbonyl (C=O) groups is 1. The number of aromatic nitrogens is 5. The topological polar surface area (TPSA) is 126 Å². The number of urea groups is 1. The van der Waals surface area contributed by atoms with Crippen LogP contribution < -0.4 is 4.72 Å². The summed E-state index contributed by atoms with van der Waals surface area (Å²) in [6, 6.07) is 4.73. The fourth-order valence-corrected chi connectivity index (χ4v) is 7.41. The first-order valence-electron chi connectivity index (χ1n) is 12.9. The van der Waals surface area contributed by atoms with E-state index in [9.17, 15) is 22.0 Å². The summed E-state index contributed by atoms with van der Waals surface area (Å²) >= 11 is 0.726. The normalized spacial score (nSPS) is 17.7. The Bertz CT molecular complexity index is 1720. The molecule has 1 N–H and O–H groups in total. The number of rotatable bonds is 6. The summed E-state index contributed by atoms with van der Waals surface area (Å²) in [5, 5.41) is 8.76. The van der Waals surface area contributed by atoms with Crippen LogP contribution in [-0.4, -0.2) is 81.7 Å². The van der Waals surface area contributed by atoms with Gasteiger partial charge in [0.2, 0.25) is 15.2 Å². The van der Waals surface area contributed by atoms with Crippen LogP contribution in [0, 0.1) is 0 Å². The van der Waals surface area contributed by atoms with E-state index >= 15 is 0 Å². The van der Waals surface area contributed by atoms with Crippen LogP contribution in [-0.2, 0) is 10.0 Å². The largest absolute Gasteiger partial charge is 0.331 e. The van der Waals surface area contributed by atoms with Gasteiger partial charge in [0, 0.05) is 49.4 Å². The van der Waals surface area contributed by atoms with E-state index in [2.05, 4.69) is 24.9 Å². The molecule has 0 spiro atoms. The number of benzene rings is 1. The van der Waals surface area contributed by atoms with Crippen molar-refractivity contribution >= 4 is 49.3 Å². The Morgan fingerprint density at radius 3 is 2.52 bits per heavy atom. The molecule has 2 fully saturated rings. The molecule has 40 heavy (non-hydrogen) atoms. The molecule has 1 aromatic carbocycles. The molecule has 3 aromatic heterocycles. The summed E-state index contributed by atoms with van der Waals surface area (Å²) in [5.74, 6) is 0.0155. The standard InChI is InChI=1S/C25H28F2N8O3S2/c1-25(8-9-25)32-40(37,38)15-4-5-16-17(12-15)35(23-31-30-22(39-23)20(26)27)21-18(16)19(28-13-29-21)14-6-10-34(11-7-14)24(36)33(2)3/h4-5,12-14,20,32H,6-11H2,1-3H3. The second-order valence-electron chi connectivity index (χ2n) is 10.8. The number of sulfonamides is 1. The van der Waals surface area contributed by atoms with Gasteiger partial charge in [0.1, 0.15) is 6.33 Å². The highest BCUT2D eigenvalue weighted by Crippen LogP contribution is 2.40. The molecule has 0 unspecified atom stereocenters. The summed E-state index contributed by atoms with van der Waals surface area (Å²) in [6.45, 7) is 2.98. The van der Waals surface area contributed by atoms with Gasteiger partial charge < -0.3 is 9.80 Å². The number of halogens is 2. The first-order valence-corrected chi connectivity index (χ1v) is 15.2. The van der Waals surface area contributed by atoms with E-state index in [1.165, 1.54) is 12.4 Å². The number of amides is 2. The van der Waals surface area contributed by atoms with Crippen molar-refractivity contribution in [1.29, 1.82) is 0 Å². The lowest BCUT2D eigenvalue weighted by atomic mass is 9.91. The molecule has 0 atom stereocenters. The van der Waals surface area contributed by atoms with Gasteiger partial charge in [0.15, 0.2) is 10.7 Å². The summed E-state index contributed by atoms with van der Waals surface area (Å²) in [5.41, 5.74) is 1.19. The van der Waals surface area contributed by atoms with Gasteiger partial charge in [-0.1, -0.05) is 17.4 Å². The Balaban J connectivity index is 1.50. The van der Waals surface area contributed by atoms with Crippen molar-refractivity contribution in [3.63, 3.8) is 0 Å². The maximum absolute atomic E-state index is 13.4. The zero-order valence-corrected chi connectivity index (χ0v) is 23.8. The van der Waals surface area contributed by atoms with Crippen LogP contribution in [0.4, 0.5) is 13.6 Å². The lowest BCUT2D eigenvalue weighted by Crippen LogP contribution is -2.43. The molecule has 2 aliphatic rings. The molecule has 15 heteroatoms. The fraction of sp³-hybridized carbons (Fsp3) is 0.480. The SMILES string of the molecule is CN(C)C(=O)N1CCC(c2ncnc3c2c2ccc(S(=O)(=O)NC4(C)CC4)cc2n3-c2nnc(C(F)F)s2)CC1. The van der Waals surface area contributed by atoms with E-state index in [-0.39, 0.29) is 22.0 Å². The average Bonchev–Trinajstić information content (AvgIpc) is 3.31. The third-order valence-electron chi connectivity index (χ3n) is 7.58. The molecule has 6 rings (SSSR count). The third kappa shape index (κ3) is 4.69. The van der Waals surface area contributed by atoms with Crippen molar-refractivity contribution in [2.75, 3.05) is 27.2 Å². The van der Waals surface area contributed by atoms with Crippen LogP contribution >= 0.6 is 11.3 Å². The van der Waals surface area contributed by atoms with Crippen LogP contribution in [0.2, 0.25) is 0 Å². The van der Waals surface area contributed by atoms with Crippen molar-refractivity contribution in [3.8, 4) is 5.13 Å².